The van der Waals surface area contributed by atoms with Crippen LogP contribution in [0, 0.1) is 0 Å². The zero-order chi connectivity index (χ0) is 11.5. The summed E-state index contributed by atoms with van der Waals surface area (Å²) in [5, 5.41) is 0. The normalized spacial score (nSPS) is 13.8. The molecule has 81 valence electrons. The molecule has 0 N–H and O–H groups in total. The van der Waals surface area contributed by atoms with Crippen LogP contribution in [-0.4, -0.2) is 32.1 Å². The molecule has 1 unspecified atom stereocenters. The van der Waals surface area contributed by atoms with Gasteiger partial charge in [-0.1, -0.05) is 18.2 Å². The van der Waals surface area contributed by atoms with Crippen LogP contribution >= 0.6 is 0 Å². The summed E-state index contributed by atoms with van der Waals surface area (Å²) in [5.74, 6) is 0. The van der Waals surface area contributed by atoms with Crippen molar-refractivity contribution in [1.29, 1.82) is 0 Å². The second-order valence-corrected chi connectivity index (χ2v) is 5.13. The van der Waals surface area contributed by atoms with Crippen LogP contribution < -0.4 is 0 Å². The van der Waals surface area contributed by atoms with E-state index in [0.29, 0.717) is 0 Å². The number of carbonyl (C=O) groups excluding carboxylic acids is 1. The van der Waals surface area contributed by atoms with Crippen LogP contribution in [0.2, 0.25) is 0 Å². The van der Waals surface area contributed by atoms with E-state index in [1.165, 1.54) is 26.1 Å². The highest BCUT2D eigenvalue weighted by atomic mass is 32.2. The molecule has 1 aromatic carbocycles. The van der Waals surface area contributed by atoms with Crippen molar-refractivity contribution in [2.75, 3.05) is 7.05 Å². The number of likely N-dealkylation sites (N-methyl/N-ethyl adjacent to an activating group) is 1. The lowest BCUT2D eigenvalue weighted by molar-refractivity contribution is 0.429. The highest BCUT2D eigenvalue weighted by Gasteiger charge is 2.24. The van der Waals surface area contributed by atoms with E-state index in [2.05, 4.69) is 0 Å². The third-order valence-electron chi connectivity index (χ3n) is 2.14. The molecule has 4 nitrogen and oxygen atoms in total. The monoisotopic (exact) mass is 226 g/mol. The van der Waals surface area contributed by atoms with Gasteiger partial charge in [0.1, 0.15) is 0 Å². The molecular formula is C10H12NO3S. The summed E-state index contributed by atoms with van der Waals surface area (Å²) in [6.07, 6.45) is 1.64. The molecule has 0 aliphatic carbocycles. The third kappa shape index (κ3) is 2.43. The minimum atomic E-state index is -3.58. The number of hydrogen-bond donors (Lipinski definition) is 0. The van der Waals surface area contributed by atoms with Crippen molar-refractivity contribution < 1.29 is 13.2 Å². The SMILES string of the molecule is CC([C]=O)N(C)S(=O)(=O)c1ccccc1. The van der Waals surface area contributed by atoms with E-state index >= 15 is 0 Å². The zero-order valence-electron chi connectivity index (χ0n) is 8.54. The maximum absolute atomic E-state index is 11.9. The van der Waals surface area contributed by atoms with Gasteiger partial charge < -0.3 is 0 Å². The number of nitrogens with zero attached hydrogens (tertiary/aromatic N) is 1. The number of hydrogen-bond acceptors (Lipinski definition) is 3. The fourth-order valence-electron chi connectivity index (χ4n) is 1.04. The first-order chi connectivity index (χ1) is 7.00. The van der Waals surface area contributed by atoms with E-state index < -0.39 is 16.1 Å². The minimum Gasteiger partial charge on any atom is -0.289 e. The highest BCUT2D eigenvalue weighted by molar-refractivity contribution is 7.89. The Balaban J connectivity index is 3.09. The summed E-state index contributed by atoms with van der Waals surface area (Å²) in [4.78, 5) is 10.6. The molecule has 1 rings (SSSR count). The van der Waals surface area contributed by atoms with Gasteiger partial charge in [0.2, 0.25) is 16.3 Å². The molecule has 0 heterocycles. The molecule has 1 radical (unpaired) electrons. The van der Waals surface area contributed by atoms with Gasteiger partial charge in [0.25, 0.3) is 0 Å². The third-order valence-corrected chi connectivity index (χ3v) is 4.08. The molecule has 0 amide bonds. The molecule has 0 bridgehead atoms. The molecule has 1 atom stereocenters. The number of benzene rings is 1. The predicted molar refractivity (Wildman–Crippen MR) is 56.5 cm³/mol. The Hall–Kier alpha value is -1.20. The van der Waals surface area contributed by atoms with E-state index in [-0.39, 0.29) is 4.90 Å². The fourth-order valence-corrected chi connectivity index (χ4v) is 2.33. The average molecular weight is 226 g/mol. The van der Waals surface area contributed by atoms with Gasteiger partial charge >= 0.3 is 0 Å². The Labute approximate surface area is 89.6 Å². The summed E-state index contributed by atoms with van der Waals surface area (Å²) in [6.45, 7) is 1.48. The first-order valence-electron chi connectivity index (χ1n) is 4.41. The van der Waals surface area contributed by atoms with Gasteiger partial charge in [0.05, 0.1) is 10.9 Å². The van der Waals surface area contributed by atoms with Gasteiger partial charge in [-0.3, -0.25) is 4.79 Å². The Morgan fingerprint density at radius 1 is 1.27 bits per heavy atom. The molecule has 0 aromatic heterocycles. The Bertz CT molecular complexity index is 427. The van der Waals surface area contributed by atoms with E-state index in [4.69, 9.17) is 0 Å². The molecule has 0 saturated carbocycles. The standard InChI is InChI=1S/C10H12NO3S/c1-9(8-12)11(2)15(13,14)10-6-4-3-5-7-10/h3-7,9H,1-2H3. The summed E-state index contributed by atoms with van der Waals surface area (Å²) in [5.41, 5.74) is 0. The minimum absolute atomic E-state index is 0.176. The van der Waals surface area contributed by atoms with Crippen LogP contribution in [-0.2, 0) is 14.8 Å². The van der Waals surface area contributed by atoms with E-state index in [0.717, 1.165) is 4.31 Å². The number of rotatable bonds is 4. The maximum Gasteiger partial charge on any atom is 0.243 e. The molecule has 0 spiro atoms. The number of sulfonamides is 1. The van der Waals surface area contributed by atoms with Crippen LogP contribution in [0.3, 0.4) is 0 Å². The van der Waals surface area contributed by atoms with Crippen molar-refractivity contribution in [3.8, 4) is 0 Å². The van der Waals surface area contributed by atoms with Crippen LogP contribution in [0.4, 0.5) is 0 Å². The maximum atomic E-state index is 11.9. The second-order valence-electron chi connectivity index (χ2n) is 3.13. The van der Waals surface area contributed by atoms with Gasteiger partial charge in [-0.05, 0) is 19.1 Å². The Kier molecular flexibility index (Phi) is 3.60. The molecule has 0 aliphatic rings. The van der Waals surface area contributed by atoms with Crippen LogP contribution in [0.1, 0.15) is 6.92 Å². The molecule has 15 heavy (non-hydrogen) atoms. The second kappa shape index (κ2) is 4.55. The molecule has 1 aromatic rings. The van der Waals surface area contributed by atoms with E-state index in [9.17, 15) is 13.2 Å². The van der Waals surface area contributed by atoms with Gasteiger partial charge in [-0.2, -0.15) is 4.31 Å². The van der Waals surface area contributed by atoms with Crippen molar-refractivity contribution in [3.63, 3.8) is 0 Å². The predicted octanol–water partition coefficient (Wildman–Crippen LogP) is 0.805. The van der Waals surface area contributed by atoms with Gasteiger partial charge in [0.15, 0.2) is 0 Å². The summed E-state index contributed by atoms with van der Waals surface area (Å²) in [6, 6.07) is 7.20. The molecule has 0 fully saturated rings. The van der Waals surface area contributed by atoms with Crippen LogP contribution in [0.25, 0.3) is 0 Å². The summed E-state index contributed by atoms with van der Waals surface area (Å²) in [7, 11) is -2.22. The quantitative estimate of drug-likeness (QED) is 0.763. The van der Waals surface area contributed by atoms with Crippen LogP contribution in [0.15, 0.2) is 35.2 Å². The van der Waals surface area contributed by atoms with Crippen molar-refractivity contribution in [2.45, 2.75) is 17.9 Å². The topological polar surface area (TPSA) is 54.5 Å². The zero-order valence-corrected chi connectivity index (χ0v) is 9.36. The lowest BCUT2D eigenvalue weighted by Gasteiger charge is -2.19. The Morgan fingerprint density at radius 2 is 1.80 bits per heavy atom. The molecular weight excluding hydrogens is 214 g/mol. The van der Waals surface area contributed by atoms with Crippen molar-refractivity contribution >= 4 is 16.3 Å². The van der Waals surface area contributed by atoms with Crippen molar-refractivity contribution in [3.05, 3.63) is 30.3 Å². The lowest BCUT2D eigenvalue weighted by Crippen LogP contribution is -2.35. The smallest absolute Gasteiger partial charge is 0.243 e. The van der Waals surface area contributed by atoms with Gasteiger partial charge in [-0.15, -0.1) is 0 Å². The van der Waals surface area contributed by atoms with Crippen molar-refractivity contribution in [2.24, 2.45) is 0 Å². The Morgan fingerprint density at radius 3 is 2.27 bits per heavy atom. The first kappa shape index (κ1) is 11.9. The van der Waals surface area contributed by atoms with Crippen molar-refractivity contribution in [1.82, 2.24) is 4.31 Å². The largest absolute Gasteiger partial charge is 0.289 e. The fraction of sp³-hybridized carbons (Fsp3) is 0.300. The van der Waals surface area contributed by atoms with Gasteiger partial charge in [0, 0.05) is 7.05 Å². The van der Waals surface area contributed by atoms with E-state index in [1.54, 1.807) is 24.5 Å². The van der Waals surface area contributed by atoms with Gasteiger partial charge in [-0.25, -0.2) is 8.42 Å². The summed E-state index contributed by atoms with van der Waals surface area (Å²) >= 11 is 0. The van der Waals surface area contributed by atoms with E-state index in [1.807, 2.05) is 0 Å². The lowest BCUT2D eigenvalue weighted by atomic mass is 10.4. The summed E-state index contributed by atoms with van der Waals surface area (Å²) < 4.78 is 24.8. The average Bonchev–Trinajstić information content (AvgIpc) is 2.28. The molecule has 0 aliphatic heterocycles. The molecule has 0 saturated heterocycles. The first-order valence-corrected chi connectivity index (χ1v) is 5.85. The van der Waals surface area contributed by atoms with Crippen LogP contribution in [0.5, 0.6) is 0 Å². The molecule has 5 heteroatoms. The highest BCUT2D eigenvalue weighted by Crippen LogP contribution is 2.14.